The molecule has 6 nitrogen and oxygen atoms in total. The van der Waals surface area contributed by atoms with Crippen molar-refractivity contribution in [3.05, 3.63) is 42.0 Å². The third kappa shape index (κ3) is 7.29. The molecule has 0 aliphatic carbocycles. The summed E-state index contributed by atoms with van der Waals surface area (Å²) in [5, 5.41) is 7.85. The molecule has 0 radical (unpaired) electrons. The van der Waals surface area contributed by atoms with Crippen LogP contribution in [-0.4, -0.2) is 37.8 Å². The second-order valence-electron chi connectivity index (χ2n) is 8.12. The highest BCUT2D eigenvalue weighted by molar-refractivity contribution is 5.88. The van der Waals surface area contributed by atoms with E-state index < -0.39 is 11.7 Å². The SMILES string of the molecule is COc1ccc2cc([C@H](C)C(=O)NCCCCNC(=O)OC(C)(C)C)ccc2c1. The number of methoxy groups -OCH3 is 1. The molecule has 29 heavy (non-hydrogen) atoms. The summed E-state index contributed by atoms with van der Waals surface area (Å²) >= 11 is 0. The number of unbranched alkanes of at least 4 members (excludes halogenated alkanes) is 1. The molecule has 0 aliphatic heterocycles. The lowest BCUT2D eigenvalue weighted by molar-refractivity contribution is -0.122. The third-order valence-corrected chi connectivity index (χ3v) is 4.54. The van der Waals surface area contributed by atoms with Crippen molar-refractivity contribution in [2.24, 2.45) is 0 Å². The van der Waals surface area contributed by atoms with E-state index in [9.17, 15) is 9.59 Å². The molecule has 2 amide bonds. The summed E-state index contributed by atoms with van der Waals surface area (Å²) in [5.74, 6) is 0.580. The number of nitrogens with one attached hydrogen (secondary N) is 2. The van der Waals surface area contributed by atoms with E-state index in [4.69, 9.17) is 9.47 Å². The van der Waals surface area contributed by atoms with E-state index in [2.05, 4.69) is 10.6 Å². The maximum absolute atomic E-state index is 12.5. The van der Waals surface area contributed by atoms with Crippen LogP contribution in [0.3, 0.4) is 0 Å². The fraction of sp³-hybridized carbons (Fsp3) is 0.478. The van der Waals surface area contributed by atoms with E-state index in [0.29, 0.717) is 13.1 Å². The molecule has 0 aromatic heterocycles. The van der Waals surface area contributed by atoms with Crippen LogP contribution in [0.1, 0.15) is 52.0 Å². The molecule has 158 valence electrons. The summed E-state index contributed by atoms with van der Waals surface area (Å²) < 4.78 is 10.4. The van der Waals surface area contributed by atoms with Crippen LogP contribution >= 0.6 is 0 Å². The van der Waals surface area contributed by atoms with Crippen molar-refractivity contribution in [1.82, 2.24) is 10.6 Å². The van der Waals surface area contributed by atoms with Gasteiger partial charge in [-0.05, 0) is 69.0 Å². The quantitative estimate of drug-likeness (QED) is 0.645. The Bertz CT molecular complexity index is 842. The van der Waals surface area contributed by atoms with E-state index >= 15 is 0 Å². The molecule has 2 aromatic carbocycles. The van der Waals surface area contributed by atoms with Crippen LogP contribution < -0.4 is 15.4 Å². The predicted molar refractivity (Wildman–Crippen MR) is 115 cm³/mol. The van der Waals surface area contributed by atoms with Gasteiger partial charge in [0.05, 0.1) is 13.0 Å². The second-order valence-corrected chi connectivity index (χ2v) is 8.12. The first-order chi connectivity index (χ1) is 13.7. The fourth-order valence-corrected chi connectivity index (χ4v) is 2.91. The summed E-state index contributed by atoms with van der Waals surface area (Å²) in [7, 11) is 1.65. The smallest absolute Gasteiger partial charge is 0.407 e. The number of benzene rings is 2. The van der Waals surface area contributed by atoms with E-state index in [1.807, 2.05) is 64.1 Å². The minimum Gasteiger partial charge on any atom is -0.497 e. The first kappa shape index (κ1) is 22.5. The van der Waals surface area contributed by atoms with E-state index in [-0.39, 0.29) is 11.8 Å². The molecular formula is C23H32N2O4. The van der Waals surface area contributed by atoms with Crippen LogP contribution in [0.15, 0.2) is 36.4 Å². The second kappa shape index (κ2) is 10.1. The molecule has 0 spiro atoms. The zero-order valence-corrected chi connectivity index (χ0v) is 18.0. The number of amides is 2. The van der Waals surface area contributed by atoms with Gasteiger partial charge < -0.3 is 20.1 Å². The van der Waals surface area contributed by atoms with Gasteiger partial charge in [-0.25, -0.2) is 4.79 Å². The summed E-state index contributed by atoms with van der Waals surface area (Å²) in [5.41, 5.74) is 0.481. The van der Waals surface area contributed by atoms with Crippen molar-refractivity contribution in [3.63, 3.8) is 0 Å². The predicted octanol–water partition coefficient (Wildman–Crippen LogP) is 4.37. The monoisotopic (exact) mass is 400 g/mol. The number of alkyl carbamates (subject to hydrolysis) is 1. The van der Waals surface area contributed by atoms with Crippen molar-refractivity contribution in [2.45, 2.75) is 52.1 Å². The Morgan fingerprint density at radius 3 is 2.24 bits per heavy atom. The number of hydrogen-bond acceptors (Lipinski definition) is 4. The molecule has 1 atom stereocenters. The van der Waals surface area contributed by atoms with Crippen LogP contribution in [0.4, 0.5) is 4.79 Å². The Hall–Kier alpha value is -2.76. The molecule has 2 N–H and O–H groups in total. The Labute approximate surface area is 173 Å². The molecule has 0 unspecified atom stereocenters. The first-order valence-electron chi connectivity index (χ1n) is 10.0. The highest BCUT2D eigenvalue weighted by Gasteiger charge is 2.16. The Kier molecular flexibility index (Phi) is 7.88. The number of carbonyl (C=O) groups excluding carboxylic acids is 2. The molecule has 0 fully saturated rings. The van der Waals surface area contributed by atoms with Crippen molar-refractivity contribution >= 4 is 22.8 Å². The van der Waals surface area contributed by atoms with Crippen LogP contribution in [0.25, 0.3) is 10.8 Å². The number of hydrogen-bond donors (Lipinski definition) is 2. The normalized spacial score (nSPS) is 12.3. The van der Waals surface area contributed by atoms with Crippen LogP contribution in [0.5, 0.6) is 5.75 Å². The Morgan fingerprint density at radius 1 is 0.966 bits per heavy atom. The summed E-state index contributed by atoms with van der Waals surface area (Å²) in [6.07, 6.45) is 1.14. The lowest BCUT2D eigenvalue weighted by Crippen LogP contribution is -2.33. The van der Waals surface area contributed by atoms with Gasteiger partial charge in [0.25, 0.3) is 0 Å². The van der Waals surface area contributed by atoms with Gasteiger partial charge in [-0.15, -0.1) is 0 Å². The lowest BCUT2D eigenvalue weighted by atomic mass is 9.97. The average Bonchev–Trinajstić information content (AvgIpc) is 2.67. The minimum absolute atomic E-state index is 0.00189. The lowest BCUT2D eigenvalue weighted by Gasteiger charge is -2.19. The van der Waals surface area contributed by atoms with Gasteiger partial charge in [0, 0.05) is 13.1 Å². The molecule has 0 aliphatic rings. The van der Waals surface area contributed by atoms with E-state index in [0.717, 1.165) is 34.9 Å². The Balaban J connectivity index is 1.75. The summed E-state index contributed by atoms with van der Waals surface area (Å²) in [4.78, 5) is 24.0. The molecule has 0 saturated carbocycles. The maximum atomic E-state index is 12.5. The Morgan fingerprint density at radius 2 is 1.59 bits per heavy atom. The van der Waals surface area contributed by atoms with Gasteiger partial charge in [-0.3, -0.25) is 4.79 Å². The van der Waals surface area contributed by atoms with Gasteiger partial charge in [0.15, 0.2) is 0 Å². The standard InChI is InChI=1S/C23H32N2O4/c1-16(17-8-9-19-15-20(28-5)11-10-18(19)14-17)21(26)24-12-6-7-13-25-22(27)29-23(2,3)4/h8-11,14-16H,6-7,12-13H2,1-5H3,(H,24,26)(H,25,27)/t16-/m0/s1. The van der Waals surface area contributed by atoms with Crippen LogP contribution in [0.2, 0.25) is 0 Å². The minimum atomic E-state index is -0.497. The van der Waals surface area contributed by atoms with Crippen LogP contribution in [-0.2, 0) is 9.53 Å². The highest BCUT2D eigenvalue weighted by atomic mass is 16.6. The van der Waals surface area contributed by atoms with Gasteiger partial charge in [0.2, 0.25) is 5.91 Å². The summed E-state index contributed by atoms with van der Waals surface area (Å²) in [6, 6.07) is 11.9. The molecule has 0 saturated heterocycles. The highest BCUT2D eigenvalue weighted by Crippen LogP contribution is 2.25. The van der Waals surface area contributed by atoms with Gasteiger partial charge in [-0.2, -0.15) is 0 Å². The van der Waals surface area contributed by atoms with Crippen molar-refractivity contribution < 1.29 is 19.1 Å². The average molecular weight is 401 g/mol. The molecule has 0 heterocycles. The number of carbonyl (C=O) groups is 2. The van der Waals surface area contributed by atoms with Crippen molar-refractivity contribution in [3.8, 4) is 5.75 Å². The largest absolute Gasteiger partial charge is 0.497 e. The van der Waals surface area contributed by atoms with E-state index in [1.54, 1.807) is 7.11 Å². The van der Waals surface area contributed by atoms with Gasteiger partial charge in [0.1, 0.15) is 11.4 Å². The van der Waals surface area contributed by atoms with Gasteiger partial charge in [-0.1, -0.05) is 24.3 Å². The maximum Gasteiger partial charge on any atom is 0.407 e. The first-order valence-corrected chi connectivity index (χ1v) is 10.0. The third-order valence-electron chi connectivity index (χ3n) is 4.54. The zero-order chi connectivity index (χ0) is 21.4. The fourth-order valence-electron chi connectivity index (χ4n) is 2.91. The number of ether oxygens (including phenoxy) is 2. The number of rotatable bonds is 8. The zero-order valence-electron chi connectivity index (χ0n) is 18.0. The molecule has 0 bridgehead atoms. The number of fused-ring (bicyclic) bond motifs is 1. The van der Waals surface area contributed by atoms with Gasteiger partial charge >= 0.3 is 6.09 Å². The molecule has 2 rings (SSSR count). The van der Waals surface area contributed by atoms with Crippen molar-refractivity contribution in [2.75, 3.05) is 20.2 Å². The molecule has 6 heteroatoms. The molecule has 2 aromatic rings. The van der Waals surface area contributed by atoms with E-state index in [1.165, 1.54) is 0 Å². The topological polar surface area (TPSA) is 76.7 Å². The summed E-state index contributed by atoms with van der Waals surface area (Å²) in [6.45, 7) is 8.49. The van der Waals surface area contributed by atoms with Crippen LogP contribution in [0, 0.1) is 0 Å². The van der Waals surface area contributed by atoms with Crippen molar-refractivity contribution in [1.29, 1.82) is 0 Å². The molecular weight excluding hydrogens is 368 g/mol.